The summed E-state index contributed by atoms with van der Waals surface area (Å²) in [6, 6.07) is 10.5. The van der Waals surface area contributed by atoms with Gasteiger partial charge in [0.25, 0.3) is 0 Å². The van der Waals surface area contributed by atoms with E-state index in [1.54, 1.807) is 23.5 Å². The second kappa shape index (κ2) is 4.58. The average molecular weight is 305 g/mol. The maximum atomic E-state index is 5.83. The van der Waals surface area contributed by atoms with Crippen LogP contribution in [-0.4, -0.2) is 40.8 Å². The highest BCUT2D eigenvalue weighted by molar-refractivity contribution is 8.38. The zero-order chi connectivity index (χ0) is 13.6. The predicted octanol–water partition coefficient (Wildman–Crippen LogP) is 3.17. The Morgan fingerprint density at radius 1 is 1.35 bits per heavy atom. The van der Waals surface area contributed by atoms with Crippen molar-refractivity contribution in [3.63, 3.8) is 0 Å². The molecule has 6 heteroatoms. The SMILES string of the molecule is CSC1=N[C@]2(N=NCC2c2ccccc2)[C@]2(CO2)CS1. The molecular formula is C14H15N3OS2. The molecule has 0 aromatic heterocycles. The fraction of sp³-hybridized carbons (Fsp3) is 0.500. The molecule has 4 nitrogen and oxygen atoms in total. The molecule has 20 heavy (non-hydrogen) atoms. The molecule has 4 rings (SSSR count). The molecule has 0 bridgehead atoms. The second-order valence-electron chi connectivity index (χ2n) is 5.27. The summed E-state index contributed by atoms with van der Waals surface area (Å²) in [6.45, 7) is 1.44. The lowest BCUT2D eigenvalue weighted by Gasteiger charge is -2.36. The van der Waals surface area contributed by atoms with Crippen molar-refractivity contribution in [1.82, 2.24) is 0 Å². The standard InChI is InChI=1S/C14H15N3OS2/c1-19-12-16-14(13(8-18-13)9-20-12)11(7-15-17-14)10-5-3-2-4-6-10/h2-6,11H,7-9H2,1H3/t11?,13-,14+/m0/s1. The number of hydrogen-bond donors (Lipinski definition) is 0. The third-order valence-electron chi connectivity index (χ3n) is 4.20. The summed E-state index contributed by atoms with van der Waals surface area (Å²) < 4.78 is 6.92. The minimum atomic E-state index is -0.544. The Morgan fingerprint density at radius 3 is 2.85 bits per heavy atom. The van der Waals surface area contributed by atoms with Gasteiger partial charge in [-0.2, -0.15) is 10.2 Å². The number of ether oxygens (including phenoxy) is 1. The van der Waals surface area contributed by atoms with Crippen molar-refractivity contribution in [2.24, 2.45) is 15.2 Å². The van der Waals surface area contributed by atoms with E-state index in [2.05, 4.69) is 40.7 Å². The molecule has 3 atom stereocenters. The van der Waals surface area contributed by atoms with E-state index in [1.807, 2.05) is 6.07 Å². The van der Waals surface area contributed by atoms with Crippen LogP contribution in [0.4, 0.5) is 0 Å². The molecule has 3 aliphatic rings. The maximum Gasteiger partial charge on any atom is 0.212 e. The van der Waals surface area contributed by atoms with Crippen LogP contribution >= 0.6 is 23.5 Å². The van der Waals surface area contributed by atoms with Gasteiger partial charge < -0.3 is 4.74 Å². The number of thioether (sulfide) groups is 2. The van der Waals surface area contributed by atoms with Crippen LogP contribution in [-0.2, 0) is 4.74 Å². The molecule has 1 aromatic carbocycles. The van der Waals surface area contributed by atoms with Gasteiger partial charge >= 0.3 is 0 Å². The number of rotatable bonds is 1. The topological polar surface area (TPSA) is 49.6 Å². The van der Waals surface area contributed by atoms with Gasteiger partial charge in [-0.25, -0.2) is 4.99 Å². The smallest absolute Gasteiger partial charge is 0.212 e. The Balaban J connectivity index is 1.82. The molecule has 0 saturated carbocycles. The number of epoxide rings is 1. The Kier molecular flexibility index (Phi) is 2.94. The maximum absolute atomic E-state index is 5.83. The number of azo groups is 1. The first-order valence-corrected chi connectivity index (χ1v) is 8.85. The summed E-state index contributed by atoms with van der Waals surface area (Å²) in [5, 5.41) is 8.93. The Labute approximate surface area is 126 Å². The number of aliphatic imine (C=N–C) groups is 1. The van der Waals surface area contributed by atoms with Gasteiger partial charge in [0.15, 0.2) is 0 Å². The summed E-state index contributed by atoms with van der Waals surface area (Å²) in [5.74, 6) is 1.11. The number of nitrogens with zero attached hydrogens (tertiary/aromatic N) is 3. The molecule has 0 aliphatic carbocycles. The van der Waals surface area contributed by atoms with Gasteiger partial charge in [-0.05, 0) is 11.8 Å². The molecule has 1 unspecified atom stereocenters. The lowest BCUT2D eigenvalue weighted by molar-refractivity contribution is 0.193. The number of benzene rings is 1. The highest BCUT2D eigenvalue weighted by atomic mass is 32.2. The molecule has 3 heterocycles. The van der Waals surface area contributed by atoms with Crippen LogP contribution in [0, 0.1) is 0 Å². The van der Waals surface area contributed by atoms with Crippen molar-refractivity contribution in [3.8, 4) is 0 Å². The van der Waals surface area contributed by atoms with Crippen molar-refractivity contribution in [3.05, 3.63) is 35.9 Å². The van der Waals surface area contributed by atoms with Crippen LogP contribution < -0.4 is 0 Å². The van der Waals surface area contributed by atoms with Crippen LogP contribution in [0.15, 0.2) is 45.6 Å². The van der Waals surface area contributed by atoms with Gasteiger partial charge in [0.1, 0.15) is 9.98 Å². The van der Waals surface area contributed by atoms with Gasteiger partial charge in [-0.1, -0.05) is 42.1 Å². The van der Waals surface area contributed by atoms with Crippen LogP contribution in [0.25, 0.3) is 0 Å². The quantitative estimate of drug-likeness (QED) is 0.749. The van der Waals surface area contributed by atoms with E-state index >= 15 is 0 Å². The molecule has 3 aliphatic heterocycles. The highest BCUT2D eigenvalue weighted by Crippen LogP contribution is 2.57. The largest absolute Gasteiger partial charge is 0.364 e. The zero-order valence-electron chi connectivity index (χ0n) is 11.2. The summed E-state index contributed by atoms with van der Waals surface area (Å²) in [6.07, 6.45) is 2.06. The van der Waals surface area contributed by atoms with Crippen molar-refractivity contribution >= 4 is 27.9 Å². The zero-order valence-corrected chi connectivity index (χ0v) is 12.8. The first-order valence-electron chi connectivity index (χ1n) is 6.64. The Morgan fingerprint density at radius 2 is 2.15 bits per heavy atom. The van der Waals surface area contributed by atoms with Gasteiger partial charge in [0.2, 0.25) is 5.66 Å². The average Bonchev–Trinajstić information content (AvgIpc) is 3.17. The lowest BCUT2D eigenvalue weighted by atomic mass is 9.79. The normalized spacial score (nSPS) is 38.5. The minimum Gasteiger partial charge on any atom is -0.364 e. The number of fused-ring (bicyclic) bond motifs is 1. The third-order valence-corrected chi connectivity index (χ3v) is 6.45. The molecular weight excluding hydrogens is 290 g/mol. The lowest BCUT2D eigenvalue weighted by Crippen LogP contribution is -2.50. The van der Waals surface area contributed by atoms with E-state index < -0.39 is 5.66 Å². The van der Waals surface area contributed by atoms with E-state index in [4.69, 9.17) is 9.73 Å². The predicted molar refractivity (Wildman–Crippen MR) is 83.7 cm³/mol. The monoisotopic (exact) mass is 305 g/mol. The van der Waals surface area contributed by atoms with Gasteiger partial charge in [-0.3, -0.25) is 0 Å². The molecule has 1 aromatic rings. The van der Waals surface area contributed by atoms with Crippen molar-refractivity contribution in [2.45, 2.75) is 17.2 Å². The van der Waals surface area contributed by atoms with Gasteiger partial charge in [-0.15, -0.1) is 11.8 Å². The van der Waals surface area contributed by atoms with Crippen LogP contribution in [0.5, 0.6) is 0 Å². The Hall–Kier alpha value is -0.850. The first kappa shape index (κ1) is 12.9. The third kappa shape index (κ3) is 1.71. The van der Waals surface area contributed by atoms with E-state index in [9.17, 15) is 0 Å². The first-order chi connectivity index (χ1) is 9.80. The minimum absolute atomic E-state index is 0.189. The molecule has 0 N–H and O–H groups in total. The van der Waals surface area contributed by atoms with Crippen LogP contribution in [0.3, 0.4) is 0 Å². The number of hydrogen-bond acceptors (Lipinski definition) is 6. The summed E-state index contributed by atoms with van der Waals surface area (Å²) in [4.78, 5) is 4.96. The molecule has 0 radical (unpaired) electrons. The van der Waals surface area contributed by atoms with E-state index in [0.717, 1.165) is 16.7 Å². The summed E-state index contributed by atoms with van der Waals surface area (Å²) in [5.41, 5.74) is 0.471. The summed E-state index contributed by atoms with van der Waals surface area (Å²) in [7, 11) is 0. The molecule has 2 spiro atoms. The van der Waals surface area contributed by atoms with Crippen LogP contribution in [0.2, 0.25) is 0 Å². The fourth-order valence-electron chi connectivity index (χ4n) is 3.00. The van der Waals surface area contributed by atoms with Crippen molar-refractivity contribution < 1.29 is 4.74 Å². The van der Waals surface area contributed by atoms with E-state index in [-0.39, 0.29) is 11.5 Å². The van der Waals surface area contributed by atoms with Crippen molar-refractivity contribution in [2.75, 3.05) is 25.2 Å². The Bertz CT molecular complexity index is 585. The van der Waals surface area contributed by atoms with Crippen molar-refractivity contribution in [1.29, 1.82) is 0 Å². The van der Waals surface area contributed by atoms with Gasteiger partial charge in [0, 0.05) is 5.75 Å². The molecule has 1 fully saturated rings. The van der Waals surface area contributed by atoms with E-state index in [1.165, 1.54) is 5.56 Å². The molecule has 0 amide bonds. The van der Waals surface area contributed by atoms with E-state index in [0.29, 0.717) is 6.54 Å². The molecule has 104 valence electrons. The van der Waals surface area contributed by atoms with Crippen LogP contribution in [0.1, 0.15) is 11.5 Å². The highest BCUT2D eigenvalue weighted by Gasteiger charge is 2.69. The van der Waals surface area contributed by atoms with Gasteiger partial charge in [0.05, 0.1) is 19.1 Å². The second-order valence-corrected chi connectivity index (χ2v) is 7.28. The molecule has 1 saturated heterocycles. The fourth-order valence-corrected chi connectivity index (χ4v) is 4.82. The summed E-state index contributed by atoms with van der Waals surface area (Å²) >= 11 is 3.47.